The lowest BCUT2D eigenvalue weighted by atomic mass is 9.92. The molecule has 3 atom stereocenters. The Hall–Kier alpha value is -9.65. The standard InChI is InChI=1S/C33H36Cl2N4O3.C33H35Cl2N3O3.C32H33Cl2N3O4/c1-37-17-19-38(20-18-37)15-2-3-21-41-26-9-4-23(5-10-26)32-31-28(29-22-25(35)8-13-30(29)36-31)14-16-39(32)33(40)42-27-11-6-24(34)7-12-27;34-24-8-13-27(14-9-24)41-33(39)38-20-16-28-29-22-25(35)10-15-30(29)36-31(28)32(38)23-6-11-26(12-7-23)40-21-5-4-19-37-17-2-1-3-18-37;33-23-5-10-26(11-6-23)41-32(38)37-15-13-27-28-21-24(34)7-12-29(28)35-30(27)31(37)22-3-8-25(9-4-22)40-18-2-1-14-36-16-19-39-20-17-36/h4-13,22,32,36H,2-3,14-21H2,1H3;6-15,22,32,36H,1-5,16-21H2;3-12,21,31,35H,1-2,13-20H2. The molecule has 0 saturated carbocycles. The van der Waals surface area contributed by atoms with Crippen LogP contribution in [0.5, 0.6) is 34.5 Å². The number of hydrogen-bond acceptors (Lipinski definition) is 14. The van der Waals surface area contributed by atoms with E-state index in [0.29, 0.717) is 106 Å². The number of likely N-dealkylation sites (N-methyl/N-ethyl adjacent to an activating group) is 1. The fourth-order valence-electron chi connectivity index (χ4n) is 17.6. The maximum atomic E-state index is 13.5. The second-order valence-corrected chi connectivity index (χ2v) is 35.1. The van der Waals surface area contributed by atoms with Crippen molar-refractivity contribution in [3.8, 4) is 34.5 Å². The van der Waals surface area contributed by atoms with Crippen LogP contribution in [-0.2, 0) is 24.0 Å². The van der Waals surface area contributed by atoms with Gasteiger partial charge in [0.05, 0.1) is 33.0 Å². The van der Waals surface area contributed by atoms with Crippen LogP contribution >= 0.6 is 69.6 Å². The average Bonchev–Trinajstić information content (AvgIpc) is 1.59. The number of H-pyrrole nitrogens is 3. The normalized spacial score (nSPS) is 17.5. The van der Waals surface area contributed by atoms with E-state index in [1.54, 1.807) is 87.5 Å². The van der Waals surface area contributed by atoms with E-state index in [4.69, 9.17) is 103 Å². The third kappa shape index (κ3) is 22.2. The third-order valence-corrected chi connectivity index (χ3v) is 25.6. The second kappa shape index (κ2) is 42.1. The molecule has 0 spiro atoms. The number of carbonyl (C=O) groups is 3. The highest BCUT2D eigenvalue weighted by molar-refractivity contribution is 6.32. The van der Waals surface area contributed by atoms with E-state index in [1.165, 1.54) is 49.0 Å². The zero-order valence-electron chi connectivity index (χ0n) is 69.7. The van der Waals surface area contributed by atoms with E-state index < -0.39 is 18.3 Å². The van der Waals surface area contributed by atoms with Gasteiger partial charge in [-0.15, -0.1) is 0 Å². The van der Waals surface area contributed by atoms with Crippen molar-refractivity contribution < 1.29 is 47.5 Å². The fraction of sp³-hybridized carbons (Fsp3) is 0.357. The van der Waals surface area contributed by atoms with Crippen molar-refractivity contribution in [1.82, 2.24) is 49.3 Å². The summed E-state index contributed by atoms with van der Waals surface area (Å²) < 4.78 is 41.0. The maximum Gasteiger partial charge on any atom is 0.416 e. The first-order valence-corrected chi connectivity index (χ1v) is 45.5. The van der Waals surface area contributed by atoms with Gasteiger partial charge >= 0.3 is 18.3 Å². The summed E-state index contributed by atoms with van der Waals surface area (Å²) >= 11 is 37.1. The number of carbonyl (C=O) groups excluding carboxylic acids is 3. The fourth-order valence-corrected chi connectivity index (χ4v) is 18.5. The summed E-state index contributed by atoms with van der Waals surface area (Å²) in [4.78, 5) is 66.5. The van der Waals surface area contributed by atoms with Gasteiger partial charge < -0.3 is 62.8 Å². The Morgan fingerprint density at radius 2 is 0.621 bits per heavy atom. The minimum absolute atomic E-state index is 0.344. The van der Waals surface area contributed by atoms with Crippen molar-refractivity contribution in [2.75, 3.05) is 132 Å². The molecule has 9 heterocycles. The number of unbranched alkanes of at least 4 members (excludes halogenated alkanes) is 3. The van der Waals surface area contributed by atoms with Crippen LogP contribution in [0.3, 0.4) is 0 Å². The number of likely N-dealkylation sites (tertiary alicyclic amines) is 1. The minimum Gasteiger partial charge on any atom is -0.494 e. The molecule has 0 aliphatic carbocycles. The number of halogens is 6. The molecule has 3 aromatic heterocycles. The number of aromatic nitrogens is 3. The van der Waals surface area contributed by atoms with Gasteiger partial charge in [0.25, 0.3) is 0 Å². The van der Waals surface area contributed by atoms with E-state index in [1.807, 2.05) is 127 Å². The van der Waals surface area contributed by atoms with Crippen molar-refractivity contribution in [3.63, 3.8) is 0 Å². The minimum atomic E-state index is -0.416. The van der Waals surface area contributed by atoms with Crippen molar-refractivity contribution >= 4 is 121 Å². The Morgan fingerprint density at radius 1 is 0.331 bits per heavy atom. The number of morpholine rings is 1. The van der Waals surface area contributed by atoms with E-state index in [0.717, 1.165) is 194 Å². The third-order valence-electron chi connectivity index (χ3n) is 24.2. The number of amides is 3. The number of rotatable bonds is 24. The lowest BCUT2D eigenvalue weighted by Crippen LogP contribution is -2.44. The summed E-state index contributed by atoms with van der Waals surface area (Å²) in [6.07, 6.45) is 11.3. The Bertz CT molecular complexity index is 5340. The van der Waals surface area contributed by atoms with Crippen molar-refractivity contribution in [3.05, 3.63) is 281 Å². The van der Waals surface area contributed by atoms with Crippen LogP contribution in [-0.4, -0.2) is 199 Å². The molecule has 18 rings (SSSR count). The predicted octanol–water partition coefficient (Wildman–Crippen LogP) is 22.4. The van der Waals surface area contributed by atoms with Crippen LogP contribution in [0, 0.1) is 0 Å². The number of piperazine rings is 1. The number of piperidine rings is 1. The van der Waals surface area contributed by atoms with Gasteiger partial charge in [-0.05, 0) is 308 Å². The van der Waals surface area contributed by atoms with Gasteiger partial charge in [-0.3, -0.25) is 19.6 Å². The highest BCUT2D eigenvalue weighted by Gasteiger charge is 2.40. The Morgan fingerprint density at radius 3 is 0.944 bits per heavy atom. The molecule has 648 valence electrons. The van der Waals surface area contributed by atoms with E-state index in [9.17, 15) is 14.4 Å². The van der Waals surface area contributed by atoms with Crippen LogP contribution in [0.15, 0.2) is 200 Å². The number of aromatic amines is 3. The summed E-state index contributed by atoms with van der Waals surface area (Å²) in [7, 11) is 2.18. The van der Waals surface area contributed by atoms with E-state index >= 15 is 0 Å². The number of hydrogen-bond donors (Lipinski definition) is 3. The first-order valence-electron chi connectivity index (χ1n) is 43.3. The number of ether oxygens (including phenoxy) is 7. The van der Waals surface area contributed by atoms with E-state index in [2.05, 4.69) is 41.6 Å². The number of benzene rings is 9. The van der Waals surface area contributed by atoms with Crippen LogP contribution in [0.2, 0.25) is 30.1 Å². The zero-order chi connectivity index (χ0) is 85.4. The predicted molar refractivity (Wildman–Crippen MR) is 494 cm³/mol. The topological polar surface area (TPSA) is 186 Å². The maximum absolute atomic E-state index is 13.5. The Kier molecular flexibility index (Phi) is 29.8. The van der Waals surface area contributed by atoms with Crippen LogP contribution < -0.4 is 28.4 Å². The first-order chi connectivity index (χ1) is 60.5. The lowest BCUT2D eigenvalue weighted by molar-refractivity contribution is 0.0368. The lowest BCUT2D eigenvalue weighted by Gasteiger charge is -2.35. The molecular formula is C98H104Cl6N10O10. The van der Waals surface area contributed by atoms with Crippen molar-refractivity contribution in [2.24, 2.45) is 0 Å². The molecular weight excluding hydrogens is 1690 g/mol. The molecule has 0 bridgehead atoms. The number of nitrogens with one attached hydrogen (secondary N) is 3. The largest absolute Gasteiger partial charge is 0.494 e. The summed E-state index contributed by atoms with van der Waals surface area (Å²) in [5.41, 5.74) is 12.4. The molecule has 3 fully saturated rings. The molecule has 0 radical (unpaired) electrons. The van der Waals surface area contributed by atoms with Gasteiger partial charge in [-0.2, -0.15) is 0 Å². The molecule has 124 heavy (non-hydrogen) atoms. The van der Waals surface area contributed by atoms with Gasteiger partial charge in [0.2, 0.25) is 0 Å². The smallest absolute Gasteiger partial charge is 0.416 e. The number of fused-ring (bicyclic) bond motifs is 9. The van der Waals surface area contributed by atoms with Crippen LogP contribution in [0.25, 0.3) is 32.7 Å². The zero-order valence-corrected chi connectivity index (χ0v) is 74.2. The molecule has 3 amide bonds. The Balaban J connectivity index is 0.000000137. The van der Waals surface area contributed by atoms with Crippen LogP contribution in [0.1, 0.15) is 126 Å². The molecule has 20 nitrogen and oxygen atoms in total. The summed E-state index contributed by atoms with van der Waals surface area (Å²) in [6, 6.07) is 61.2. The molecule has 3 N–H and O–H groups in total. The highest BCUT2D eigenvalue weighted by atomic mass is 35.5. The summed E-state index contributed by atoms with van der Waals surface area (Å²) in [5, 5.41) is 7.09. The highest BCUT2D eigenvalue weighted by Crippen LogP contribution is 2.45. The SMILES string of the molecule is CN1CCN(CCCCOc2ccc(C3c4[nH]c5ccc(Cl)cc5c4CCN3C(=O)Oc3ccc(Cl)cc3)cc2)CC1.O=C(Oc1ccc(Cl)cc1)N1CCc2c([nH]c3ccc(Cl)cc23)C1c1ccc(OCCCCN2CCCCC2)cc1.O=C(Oc1ccc(Cl)cc1)N1CCc2c([nH]c3ccc(Cl)cc23)C1c1ccc(OCCCCN2CCOCC2)cc1. The molecule has 3 saturated heterocycles. The second-order valence-electron chi connectivity index (χ2n) is 32.5. The Labute approximate surface area is 754 Å². The average molecular weight is 1790 g/mol. The van der Waals surface area contributed by atoms with Gasteiger partial charge in [-0.25, -0.2) is 14.4 Å². The van der Waals surface area contributed by atoms with Gasteiger partial charge in [0.1, 0.15) is 52.6 Å². The molecule has 26 heteroatoms. The number of nitrogens with zero attached hydrogens (tertiary/aromatic N) is 7. The van der Waals surface area contributed by atoms with Crippen molar-refractivity contribution in [1.29, 1.82) is 0 Å². The van der Waals surface area contributed by atoms with Gasteiger partial charge in [0, 0.05) is 139 Å². The summed E-state index contributed by atoms with van der Waals surface area (Å²) in [5.74, 6) is 3.83. The molecule has 6 aliphatic rings. The van der Waals surface area contributed by atoms with Gasteiger partial charge in [0.15, 0.2) is 0 Å². The van der Waals surface area contributed by atoms with Crippen LogP contribution in [0.4, 0.5) is 14.4 Å². The molecule has 3 unspecified atom stereocenters. The van der Waals surface area contributed by atoms with Gasteiger partial charge in [-0.1, -0.05) is 112 Å². The quantitative estimate of drug-likeness (QED) is 0.0485. The first kappa shape index (κ1) is 87.8. The molecule has 9 aromatic carbocycles. The summed E-state index contributed by atoms with van der Waals surface area (Å²) in [6.45, 7) is 17.7. The molecule has 6 aliphatic heterocycles. The van der Waals surface area contributed by atoms with Crippen molar-refractivity contribution in [2.45, 2.75) is 95.2 Å². The molecule has 12 aromatic rings. The monoisotopic (exact) mass is 1790 g/mol. The van der Waals surface area contributed by atoms with E-state index in [-0.39, 0.29) is 18.1 Å².